The van der Waals surface area contributed by atoms with Gasteiger partial charge in [0.25, 0.3) is 0 Å². The van der Waals surface area contributed by atoms with Crippen LogP contribution in [0.25, 0.3) is 4.96 Å². The van der Waals surface area contributed by atoms with E-state index >= 15 is 0 Å². The van der Waals surface area contributed by atoms with E-state index in [9.17, 15) is 0 Å². The summed E-state index contributed by atoms with van der Waals surface area (Å²) in [6.07, 6.45) is 4.08. The highest BCUT2D eigenvalue weighted by Crippen LogP contribution is 2.18. The number of halogens is 1. The molecule has 0 aliphatic rings. The number of benzene rings is 1. The highest BCUT2D eigenvalue weighted by Gasteiger charge is 2.07. The number of aromatic nitrogens is 2. The van der Waals surface area contributed by atoms with Gasteiger partial charge < -0.3 is 5.32 Å². The Balaban J connectivity index is 1.67. The molecule has 0 amide bonds. The van der Waals surface area contributed by atoms with Crippen LogP contribution in [-0.4, -0.2) is 9.38 Å². The second kappa shape index (κ2) is 5.33. The molecule has 0 bridgehead atoms. The lowest BCUT2D eigenvalue weighted by Gasteiger charge is -2.13. The molecule has 3 rings (SSSR count). The van der Waals surface area contributed by atoms with Gasteiger partial charge in [-0.25, -0.2) is 4.98 Å². The summed E-state index contributed by atoms with van der Waals surface area (Å²) in [4.78, 5) is 5.58. The van der Waals surface area contributed by atoms with E-state index in [1.54, 1.807) is 11.3 Å². The number of hydrogen-bond donors (Lipinski definition) is 1. The molecule has 3 aromatic rings. The van der Waals surface area contributed by atoms with Crippen molar-refractivity contribution in [1.29, 1.82) is 0 Å². The first kappa shape index (κ1) is 12.7. The molecule has 5 heteroatoms. The normalized spacial score (nSPS) is 12.9. The van der Waals surface area contributed by atoms with Crippen LogP contribution >= 0.6 is 22.9 Å². The van der Waals surface area contributed by atoms with E-state index in [4.69, 9.17) is 11.6 Å². The van der Waals surface area contributed by atoms with E-state index in [0.29, 0.717) is 0 Å². The highest BCUT2D eigenvalue weighted by molar-refractivity contribution is 7.15. The average molecular weight is 292 g/mol. The smallest absolute Gasteiger partial charge is 0.193 e. The fourth-order valence-electron chi connectivity index (χ4n) is 2.01. The zero-order valence-electron chi connectivity index (χ0n) is 10.5. The Kier molecular flexibility index (Phi) is 3.55. The molecule has 19 heavy (non-hydrogen) atoms. The predicted molar refractivity (Wildman–Crippen MR) is 79.8 cm³/mol. The van der Waals surface area contributed by atoms with Crippen LogP contribution in [0.1, 0.15) is 24.2 Å². The van der Waals surface area contributed by atoms with Crippen molar-refractivity contribution in [3.05, 3.63) is 58.3 Å². The minimum Gasteiger partial charge on any atom is -0.305 e. The number of nitrogens with one attached hydrogen (secondary N) is 1. The van der Waals surface area contributed by atoms with Gasteiger partial charge in [-0.1, -0.05) is 23.7 Å². The Bertz CT molecular complexity index is 660. The maximum atomic E-state index is 6.00. The molecule has 0 spiro atoms. The lowest BCUT2D eigenvalue weighted by Crippen LogP contribution is -2.18. The Morgan fingerprint density at radius 3 is 3.16 bits per heavy atom. The first-order valence-corrected chi connectivity index (χ1v) is 7.38. The molecule has 2 aromatic heterocycles. The number of thiazole rings is 1. The third-order valence-corrected chi connectivity index (χ3v) is 4.09. The molecule has 1 N–H and O–H groups in total. The lowest BCUT2D eigenvalue weighted by molar-refractivity contribution is 0.569. The first-order chi connectivity index (χ1) is 9.22. The molecule has 1 aromatic carbocycles. The Morgan fingerprint density at radius 1 is 1.47 bits per heavy atom. The van der Waals surface area contributed by atoms with Crippen molar-refractivity contribution in [3.63, 3.8) is 0 Å². The minimum absolute atomic E-state index is 0.249. The van der Waals surface area contributed by atoms with Gasteiger partial charge in [-0.2, -0.15) is 0 Å². The molecule has 2 heterocycles. The second-order valence-electron chi connectivity index (χ2n) is 4.48. The van der Waals surface area contributed by atoms with Crippen molar-refractivity contribution in [2.75, 3.05) is 0 Å². The summed E-state index contributed by atoms with van der Waals surface area (Å²) in [6.45, 7) is 2.88. The van der Waals surface area contributed by atoms with Gasteiger partial charge >= 0.3 is 0 Å². The van der Waals surface area contributed by atoms with Crippen LogP contribution < -0.4 is 5.32 Å². The maximum absolute atomic E-state index is 6.00. The summed E-state index contributed by atoms with van der Waals surface area (Å²) in [5.74, 6) is 0. The monoisotopic (exact) mass is 291 g/mol. The lowest BCUT2D eigenvalue weighted by atomic mass is 10.1. The molecule has 0 unspecified atom stereocenters. The van der Waals surface area contributed by atoms with Crippen molar-refractivity contribution in [2.24, 2.45) is 0 Å². The number of hydrogen-bond acceptors (Lipinski definition) is 3. The maximum Gasteiger partial charge on any atom is 0.193 e. The molecular weight excluding hydrogens is 278 g/mol. The Hall–Kier alpha value is -1.36. The minimum atomic E-state index is 0.249. The van der Waals surface area contributed by atoms with Gasteiger partial charge in [0.1, 0.15) is 0 Å². The number of nitrogens with zero attached hydrogens (tertiary/aromatic N) is 2. The van der Waals surface area contributed by atoms with E-state index in [-0.39, 0.29) is 6.04 Å². The van der Waals surface area contributed by atoms with Gasteiger partial charge in [0, 0.05) is 35.4 Å². The van der Waals surface area contributed by atoms with Crippen LogP contribution in [-0.2, 0) is 6.54 Å². The molecule has 0 aliphatic heterocycles. The third kappa shape index (κ3) is 2.81. The van der Waals surface area contributed by atoms with E-state index in [1.165, 1.54) is 5.56 Å². The summed E-state index contributed by atoms with van der Waals surface area (Å²) in [5.41, 5.74) is 2.24. The van der Waals surface area contributed by atoms with Crippen molar-refractivity contribution >= 4 is 27.9 Å². The van der Waals surface area contributed by atoms with E-state index in [2.05, 4.69) is 29.5 Å². The number of imidazole rings is 1. The zero-order valence-corrected chi connectivity index (χ0v) is 12.1. The van der Waals surface area contributed by atoms with Crippen LogP contribution in [0.3, 0.4) is 0 Å². The molecule has 0 aliphatic carbocycles. The van der Waals surface area contributed by atoms with Gasteiger partial charge in [0.15, 0.2) is 4.96 Å². The Labute approximate surface area is 120 Å². The molecule has 0 saturated carbocycles. The summed E-state index contributed by atoms with van der Waals surface area (Å²) >= 11 is 7.65. The summed E-state index contributed by atoms with van der Waals surface area (Å²) in [7, 11) is 0. The zero-order chi connectivity index (χ0) is 13.2. The summed E-state index contributed by atoms with van der Waals surface area (Å²) < 4.78 is 2.05. The van der Waals surface area contributed by atoms with Crippen LogP contribution in [0.5, 0.6) is 0 Å². The van der Waals surface area contributed by atoms with Crippen molar-refractivity contribution in [3.8, 4) is 0 Å². The second-order valence-corrected chi connectivity index (χ2v) is 5.79. The van der Waals surface area contributed by atoms with Crippen LogP contribution in [0.2, 0.25) is 5.02 Å². The fraction of sp³-hybridized carbons (Fsp3) is 0.214. The SMILES string of the molecule is C[C@@H](NCc1cn2ccsc2n1)c1cccc(Cl)c1. The van der Waals surface area contributed by atoms with Gasteiger partial charge in [0.2, 0.25) is 0 Å². The quantitative estimate of drug-likeness (QED) is 0.790. The summed E-state index contributed by atoms with van der Waals surface area (Å²) in [5, 5.41) is 6.27. The molecule has 0 fully saturated rings. The molecule has 0 saturated heterocycles. The molecular formula is C14H14ClN3S. The van der Waals surface area contributed by atoms with Crippen LogP contribution in [0.15, 0.2) is 42.0 Å². The topological polar surface area (TPSA) is 29.3 Å². The van der Waals surface area contributed by atoms with Crippen LogP contribution in [0.4, 0.5) is 0 Å². The van der Waals surface area contributed by atoms with Crippen LogP contribution in [0, 0.1) is 0 Å². The highest BCUT2D eigenvalue weighted by atomic mass is 35.5. The molecule has 98 valence electrons. The molecule has 3 nitrogen and oxygen atoms in total. The van der Waals surface area contributed by atoms with Gasteiger partial charge in [-0.15, -0.1) is 11.3 Å². The number of rotatable bonds is 4. The fourth-order valence-corrected chi connectivity index (χ4v) is 2.93. The predicted octanol–water partition coefficient (Wildman–Crippen LogP) is 3.90. The summed E-state index contributed by atoms with van der Waals surface area (Å²) in [6, 6.07) is 8.18. The van der Waals surface area contributed by atoms with E-state index in [1.807, 2.05) is 34.2 Å². The number of fused-ring (bicyclic) bond motifs is 1. The largest absolute Gasteiger partial charge is 0.305 e. The van der Waals surface area contributed by atoms with E-state index < -0.39 is 0 Å². The van der Waals surface area contributed by atoms with Crippen molar-refractivity contribution in [1.82, 2.24) is 14.7 Å². The molecule has 1 atom stereocenters. The van der Waals surface area contributed by atoms with Gasteiger partial charge in [-0.05, 0) is 24.6 Å². The van der Waals surface area contributed by atoms with Crippen molar-refractivity contribution < 1.29 is 0 Å². The first-order valence-electron chi connectivity index (χ1n) is 6.12. The van der Waals surface area contributed by atoms with Gasteiger partial charge in [-0.3, -0.25) is 4.40 Å². The van der Waals surface area contributed by atoms with E-state index in [0.717, 1.165) is 22.2 Å². The van der Waals surface area contributed by atoms with Crippen molar-refractivity contribution in [2.45, 2.75) is 19.5 Å². The molecule has 0 radical (unpaired) electrons. The Morgan fingerprint density at radius 2 is 2.37 bits per heavy atom. The third-order valence-electron chi connectivity index (χ3n) is 3.08. The standard InChI is InChI=1S/C14H14ClN3S/c1-10(11-3-2-4-12(15)7-11)16-8-13-9-18-5-6-19-14(18)17-13/h2-7,9-10,16H,8H2,1H3/t10-/m1/s1. The average Bonchev–Trinajstić information content (AvgIpc) is 2.96. The van der Waals surface area contributed by atoms with Gasteiger partial charge in [0.05, 0.1) is 5.69 Å².